The molecule has 7 rings (SSSR count). The number of piperidine rings is 3. The number of benzene rings is 1. The molecule has 3 N–H and O–H groups in total. The van der Waals surface area contributed by atoms with Crippen molar-refractivity contribution in [2.75, 3.05) is 38.1 Å². The van der Waals surface area contributed by atoms with Crippen LogP contribution in [0.3, 0.4) is 0 Å². The number of carbonyl (C=O) groups is 3. The molecule has 186 valence electrons. The highest BCUT2D eigenvalue weighted by atomic mass is 16.5. The summed E-state index contributed by atoms with van der Waals surface area (Å²) in [6, 6.07) is 8.47. The van der Waals surface area contributed by atoms with Crippen LogP contribution in [-0.4, -0.2) is 70.0 Å². The van der Waals surface area contributed by atoms with Crippen molar-refractivity contribution in [1.29, 1.82) is 0 Å². The van der Waals surface area contributed by atoms with Gasteiger partial charge < -0.3 is 25.6 Å². The molecule has 11 nitrogen and oxygen atoms in total. The van der Waals surface area contributed by atoms with Gasteiger partial charge in [-0.3, -0.25) is 14.4 Å². The van der Waals surface area contributed by atoms with Crippen LogP contribution in [0.2, 0.25) is 0 Å². The molecular formula is C25H27N7O4. The van der Waals surface area contributed by atoms with Crippen LogP contribution >= 0.6 is 0 Å². The van der Waals surface area contributed by atoms with Crippen LogP contribution in [0.1, 0.15) is 45.8 Å². The first-order valence-corrected chi connectivity index (χ1v) is 12.2. The lowest BCUT2D eigenvalue weighted by Gasteiger charge is -2.48. The minimum Gasteiger partial charge on any atom is -0.482 e. The standard InChI is InChI=1S/C25H27N7O4/c33-22-14-36-20-2-1-16(11-17(20)30-22)13-26-23(34)18-12-19(32-21(29-18)3-7-28-32)24(35)27-15-25-4-8-31(9-5-25)10-6-25/h1-3,7,11-12H,4-6,8-10,13-15H2,(H,26,34)(H,27,35)(H,30,33). The van der Waals surface area contributed by atoms with Gasteiger partial charge in [-0.1, -0.05) is 6.07 Å². The van der Waals surface area contributed by atoms with Gasteiger partial charge in [-0.05, 0) is 62.0 Å². The molecule has 0 spiro atoms. The average Bonchev–Trinajstić information content (AvgIpc) is 3.39. The summed E-state index contributed by atoms with van der Waals surface area (Å²) in [5.41, 5.74) is 2.33. The van der Waals surface area contributed by atoms with Crippen molar-refractivity contribution in [2.45, 2.75) is 25.8 Å². The smallest absolute Gasteiger partial charge is 0.270 e. The molecule has 0 aliphatic carbocycles. The first-order valence-electron chi connectivity index (χ1n) is 12.2. The minimum atomic E-state index is -0.413. The summed E-state index contributed by atoms with van der Waals surface area (Å²) < 4.78 is 6.83. The number of anilines is 1. The highest BCUT2D eigenvalue weighted by molar-refractivity contribution is 5.98. The Morgan fingerprint density at radius 3 is 2.67 bits per heavy atom. The van der Waals surface area contributed by atoms with Crippen LogP contribution < -0.4 is 20.7 Å². The van der Waals surface area contributed by atoms with Crippen molar-refractivity contribution in [2.24, 2.45) is 5.41 Å². The molecule has 0 radical (unpaired) electrons. The van der Waals surface area contributed by atoms with Crippen molar-refractivity contribution in [3.05, 3.63) is 53.5 Å². The molecule has 0 saturated carbocycles. The number of nitrogens with zero attached hydrogens (tertiary/aromatic N) is 4. The van der Waals surface area contributed by atoms with E-state index in [4.69, 9.17) is 4.74 Å². The zero-order chi connectivity index (χ0) is 24.7. The summed E-state index contributed by atoms with van der Waals surface area (Å²) in [7, 11) is 0. The van der Waals surface area contributed by atoms with Crippen molar-refractivity contribution in [3.8, 4) is 5.75 Å². The zero-order valence-corrected chi connectivity index (χ0v) is 19.7. The second kappa shape index (κ2) is 8.90. The van der Waals surface area contributed by atoms with Crippen molar-refractivity contribution < 1.29 is 19.1 Å². The van der Waals surface area contributed by atoms with Gasteiger partial charge in [-0.25, -0.2) is 9.50 Å². The van der Waals surface area contributed by atoms with Crippen LogP contribution in [0.15, 0.2) is 36.5 Å². The molecule has 4 aliphatic rings. The summed E-state index contributed by atoms with van der Waals surface area (Å²) in [5.74, 6) is -0.315. The highest BCUT2D eigenvalue weighted by Gasteiger charge is 2.39. The maximum Gasteiger partial charge on any atom is 0.270 e. The molecule has 3 saturated heterocycles. The van der Waals surface area contributed by atoms with Gasteiger partial charge in [0.15, 0.2) is 12.3 Å². The number of nitrogens with one attached hydrogen (secondary N) is 3. The third-order valence-corrected chi connectivity index (χ3v) is 7.45. The molecule has 0 unspecified atom stereocenters. The number of carbonyl (C=O) groups excluding carboxylic acids is 3. The Labute approximate surface area is 207 Å². The predicted octanol–water partition coefficient (Wildman–Crippen LogP) is 1.21. The fourth-order valence-corrected chi connectivity index (χ4v) is 5.22. The van der Waals surface area contributed by atoms with E-state index in [9.17, 15) is 14.4 Å². The SMILES string of the molecule is O=C1COc2ccc(CNC(=O)c3cc(C(=O)NCC45CCN(CC4)CC5)n4nccc4n3)cc2N1. The fourth-order valence-electron chi connectivity index (χ4n) is 5.22. The average molecular weight is 490 g/mol. The molecule has 3 amide bonds. The van der Waals surface area contributed by atoms with Crippen LogP contribution in [0, 0.1) is 5.41 Å². The van der Waals surface area contributed by atoms with Gasteiger partial charge >= 0.3 is 0 Å². The van der Waals surface area contributed by atoms with Gasteiger partial charge in [0.25, 0.3) is 17.7 Å². The maximum atomic E-state index is 13.2. The van der Waals surface area contributed by atoms with Gasteiger partial charge in [0.05, 0.1) is 11.9 Å². The number of amides is 3. The van der Waals surface area contributed by atoms with E-state index in [2.05, 4.69) is 30.9 Å². The third-order valence-electron chi connectivity index (χ3n) is 7.45. The Kier molecular flexibility index (Phi) is 5.56. The largest absolute Gasteiger partial charge is 0.482 e. The number of hydrogen-bond acceptors (Lipinski definition) is 7. The highest BCUT2D eigenvalue weighted by Crippen LogP contribution is 2.39. The third kappa shape index (κ3) is 4.26. The lowest BCUT2D eigenvalue weighted by atomic mass is 9.72. The quantitative estimate of drug-likeness (QED) is 0.474. The lowest BCUT2D eigenvalue weighted by molar-refractivity contribution is -0.118. The summed E-state index contributed by atoms with van der Waals surface area (Å²) in [5, 5.41) is 12.9. The Bertz CT molecular complexity index is 1350. The molecule has 2 aromatic heterocycles. The van der Waals surface area contributed by atoms with Crippen LogP contribution in [0.4, 0.5) is 5.69 Å². The monoisotopic (exact) mass is 489 g/mol. The number of fused-ring (bicyclic) bond motifs is 5. The number of aromatic nitrogens is 3. The lowest BCUT2D eigenvalue weighted by Crippen LogP contribution is -2.52. The van der Waals surface area contributed by atoms with E-state index in [0.717, 1.165) is 44.5 Å². The molecular weight excluding hydrogens is 462 g/mol. The fraction of sp³-hybridized carbons (Fsp3) is 0.400. The van der Waals surface area contributed by atoms with E-state index in [0.29, 0.717) is 23.6 Å². The first kappa shape index (κ1) is 22.5. The molecule has 11 heteroatoms. The van der Waals surface area contributed by atoms with Gasteiger partial charge in [0, 0.05) is 25.2 Å². The number of rotatable bonds is 6. The first-order chi connectivity index (χ1) is 17.5. The van der Waals surface area contributed by atoms with Gasteiger partial charge in [0.1, 0.15) is 17.1 Å². The Morgan fingerprint density at radius 2 is 1.86 bits per heavy atom. The minimum absolute atomic E-state index is 0.0126. The maximum absolute atomic E-state index is 13.2. The van der Waals surface area contributed by atoms with Crippen LogP contribution in [0.5, 0.6) is 5.75 Å². The summed E-state index contributed by atoms with van der Waals surface area (Å²) in [4.78, 5) is 44.6. The van der Waals surface area contributed by atoms with E-state index in [1.165, 1.54) is 10.6 Å². The second-order valence-electron chi connectivity index (χ2n) is 9.75. The van der Waals surface area contributed by atoms with E-state index in [1.807, 2.05) is 6.07 Å². The van der Waals surface area contributed by atoms with Crippen molar-refractivity contribution in [3.63, 3.8) is 0 Å². The molecule has 1 aromatic carbocycles. The summed E-state index contributed by atoms with van der Waals surface area (Å²) in [6.45, 7) is 4.08. The molecule has 36 heavy (non-hydrogen) atoms. The van der Waals surface area contributed by atoms with Gasteiger partial charge in [-0.2, -0.15) is 5.10 Å². The van der Waals surface area contributed by atoms with E-state index in [-0.39, 0.29) is 41.8 Å². The van der Waals surface area contributed by atoms with E-state index in [1.54, 1.807) is 24.4 Å². The van der Waals surface area contributed by atoms with Gasteiger partial charge in [-0.15, -0.1) is 0 Å². The predicted molar refractivity (Wildman–Crippen MR) is 130 cm³/mol. The molecule has 3 aromatic rings. The number of hydrogen-bond donors (Lipinski definition) is 3. The van der Waals surface area contributed by atoms with E-state index < -0.39 is 5.91 Å². The molecule has 2 bridgehead atoms. The van der Waals surface area contributed by atoms with Crippen molar-refractivity contribution >= 4 is 29.1 Å². The molecule has 4 aliphatic heterocycles. The zero-order valence-electron chi connectivity index (χ0n) is 19.7. The summed E-state index contributed by atoms with van der Waals surface area (Å²) in [6.07, 6.45) is 4.83. The molecule has 0 atom stereocenters. The van der Waals surface area contributed by atoms with E-state index >= 15 is 0 Å². The molecule has 6 heterocycles. The summed E-state index contributed by atoms with van der Waals surface area (Å²) >= 11 is 0. The Morgan fingerprint density at radius 1 is 1.06 bits per heavy atom. The Hall–Kier alpha value is -3.99. The Balaban J connectivity index is 1.16. The second-order valence-corrected chi connectivity index (χ2v) is 9.75. The number of ether oxygens (including phenoxy) is 1. The molecule has 3 fully saturated rings. The van der Waals surface area contributed by atoms with Crippen LogP contribution in [0.25, 0.3) is 5.65 Å². The van der Waals surface area contributed by atoms with Crippen LogP contribution in [-0.2, 0) is 11.3 Å². The normalized spacial score (nSPS) is 22.4. The van der Waals surface area contributed by atoms with Crippen molar-refractivity contribution in [1.82, 2.24) is 30.1 Å². The van der Waals surface area contributed by atoms with Gasteiger partial charge in [0.2, 0.25) is 0 Å². The topological polar surface area (TPSA) is 130 Å².